The van der Waals surface area contributed by atoms with Gasteiger partial charge in [-0.05, 0) is 12.2 Å². The van der Waals surface area contributed by atoms with Crippen molar-refractivity contribution in [1.29, 1.82) is 0 Å². The molecule has 0 unspecified atom stereocenters. The van der Waals surface area contributed by atoms with Crippen LogP contribution in [0.25, 0.3) is 0 Å². The molecule has 0 aromatic rings. The quantitative estimate of drug-likeness (QED) is 0.378. The molecule has 0 amide bonds. The molecule has 0 aliphatic carbocycles. The van der Waals surface area contributed by atoms with Crippen molar-refractivity contribution in [2.45, 2.75) is 0 Å². The predicted octanol–water partition coefficient (Wildman–Crippen LogP) is -2.37. The molecule has 0 aliphatic rings. The minimum Gasteiger partial charge on any atom is -0.544 e. The highest BCUT2D eigenvalue weighted by Crippen LogP contribution is 1.84. The third-order valence-corrected chi connectivity index (χ3v) is 0.603. The maximum Gasteiger partial charge on any atom is 0.160 e. The molecule has 5 nitrogen and oxygen atoms in total. The number of carboxylic acid groups (broad SMARTS) is 1. The van der Waals surface area contributed by atoms with Crippen molar-refractivity contribution in [2.75, 3.05) is 27.7 Å². The van der Waals surface area contributed by atoms with Crippen LogP contribution in [0.15, 0.2) is 0 Å². The van der Waals surface area contributed by atoms with Crippen LogP contribution < -0.4 is 16.6 Å². The predicted molar refractivity (Wildman–Crippen MR) is 48.9 cm³/mol. The van der Waals surface area contributed by atoms with E-state index in [1.54, 1.807) is 21.1 Å². The number of aliphatic carboxylic acids is 1. The van der Waals surface area contributed by atoms with Crippen molar-refractivity contribution < 1.29 is 14.4 Å². The van der Waals surface area contributed by atoms with Gasteiger partial charge in [-0.25, -0.2) is 0 Å². The van der Waals surface area contributed by atoms with Gasteiger partial charge in [0.2, 0.25) is 0 Å². The first-order valence-corrected chi connectivity index (χ1v) is 3.61. The van der Waals surface area contributed by atoms with E-state index in [1.165, 1.54) is 0 Å². The lowest BCUT2D eigenvalue weighted by atomic mass is 10.5. The molecule has 0 bridgehead atoms. The van der Waals surface area contributed by atoms with E-state index in [0.717, 1.165) is 0 Å². The molecule has 0 radical (unpaired) electrons. The van der Waals surface area contributed by atoms with Crippen LogP contribution in [0.5, 0.6) is 0 Å². The summed E-state index contributed by atoms with van der Waals surface area (Å²) in [4.78, 5) is 9.89. The van der Waals surface area contributed by atoms with Crippen molar-refractivity contribution in [3.8, 4) is 0 Å². The molecule has 0 spiro atoms. The number of rotatable bonds is 2. The van der Waals surface area contributed by atoms with Crippen molar-refractivity contribution >= 4 is 23.3 Å². The van der Waals surface area contributed by atoms with Gasteiger partial charge in [-0.1, -0.05) is 0 Å². The summed E-state index contributed by atoms with van der Waals surface area (Å²) in [6.07, 6.45) is 0. The lowest BCUT2D eigenvalue weighted by molar-refractivity contribution is -0.864. The lowest BCUT2D eigenvalue weighted by Crippen LogP contribution is -2.45. The molecule has 4 N–H and O–H groups in total. The molecule has 6 heteroatoms. The van der Waals surface area contributed by atoms with E-state index in [4.69, 9.17) is 0 Å². The van der Waals surface area contributed by atoms with Crippen molar-refractivity contribution in [3.05, 3.63) is 0 Å². The van der Waals surface area contributed by atoms with Gasteiger partial charge in [-0.2, -0.15) is 0 Å². The van der Waals surface area contributed by atoms with Gasteiger partial charge in [-0.15, -0.1) is 0 Å². The van der Waals surface area contributed by atoms with Gasteiger partial charge in [0.25, 0.3) is 0 Å². The zero-order valence-electron chi connectivity index (χ0n) is 7.53. The number of hydrogen-bond acceptors (Lipinski definition) is 3. The average molecular weight is 193 g/mol. The summed E-state index contributed by atoms with van der Waals surface area (Å²) in [5, 5.41) is 9.89. The van der Waals surface area contributed by atoms with E-state index in [2.05, 4.69) is 23.7 Å². The summed E-state index contributed by atoms with van der Waals surface area (Å²) in [7, 11) is 5.40. The summed E-state index contributed by atoms with van der Waals surface area (Å²) >= 11 is 4.09. The Bertz CT molecular complexity index is 161. The summed E-state index contributed by atoms with van der Waals surface area (Å²) in [6, 6.07) is 0. The van der Waals surface area contributed by atoms with Crippen molar-refractivity contribution in [2.24, 2.45) is 11.5 Å². The van der Waals surface area contributed by atoms with Crippen LogP contribution in [0.4, 0.5) is 0 Å². The standard InChI is InChI=1S/C5H11NO2.CH4N2S/c1-6(2,3)4-5(7)8;2-1(3)4/h4H2,1-3H3;(H4,2,3,4). The Morgan fingerprint density at radius 1 is 1.42 bits per heavy atom. The fourth-order valence-electron chi connectivity index (χ4n) is 0.387. The Morgan fingerprint density at radius 3 is 1.67 bits per heavy atom. The molecular formula is C6H15N3O2S. The molecule has 0 heterocycles. The zero-order valence-corrected chi connectivity index (χ0v) is 8.35. The highest BCUT2D eigenvalue weighted by atomic mass is 32.1. The van der Waals surface area contributed by atoms with E-state index < -0.39 is 5.97 Å². The monoisotopic (exact) mass is 193 g/mol. The number of quaternary nitrogens is 1. The van der Waals surface area contributed by atoms with Gasteiger partial charge in [0.1, 0.15) is 6.54 Å². The van der Waals surface area contributed by atoms with Crippen molar-refractivity contribution in [3.63, 3.8) is 0 Å². The number of thiocarbonyl (C=S) groups is 1. The van der Waals surface area contributed by atoms with Crippen LogP contribution in [0.1, 0.15) is 0 Å². The molecule has 0 fully saturated rings. The van der Waals surface area contributed by atoms with E-state index in [-0.39, 0.29) is 11.7 Å². The van der Waals surface area contributed by atoms with Crippen LogP contribution in [0.3, 0.4) is 0 Å². The number of carbonyl (C=O) groups excluding carboxylic acids is 1. The number of carbonyl (C=O) groups is 1. The first-order valence-electron chi connectivity index (χ1n) is 3.20. The topological polar surface area (TPSA) is 92.2 Å². The molecule has 0 rings (SSSR count). The first-order chi connectivity index (χ1) is 5.15. The highest BCUT2D eigenvalue weighted by Gasteiger charge is 2.04. The van der Waals surface area contributed by atoms with Gasteiger partial charge in [0, 0.05) is 0 Å². The van der Waals surface area contributed by atoms with Crippen LogP contribution in [-0.2, 0) is 4.79 Å². The van der Waals surface area contributed by atoms with E-state index >= 15 is 0 Å². The van der Waals surface area contributed by atoms with Gasteiger partial charge in [0.15, 0.2) is 5.11 Å². The Morgan fingerprint density at radius 2 is 1.67 bits per heavy atom. The number of hydrogen-bond donors (Lipinski definition) is 2. The summed E-state index contributed by atoms with van der Waals surface area (Å²) in [6.45, 7) is 0.0694. The second kappa shape index (κ2) is 5.73. The van der Waals surface area contributed by atoms with E-state index in [1.807, 2.05) is 0 Å². The van der Waals surface area contributed by atoms with Crippen LogP contribution in [0.2, 0.25) is 0 Å². The fourth-order valence-corrected chi connectivity index (χ4v) is 0.387. The molecule has 0 aliphatic heterocycles. The van der Waals surface area contributed by atoms with E-state index in [0.29, 0.717) is 4.48 Å². The van der Waals surface area contributed by atoms with Crippen LogP contribution in [-0.4, -0.2) is 43.3 Å². The largest absolute Gasteiger partial charge is 0.544 e. The molecule has 0 saturated heterocycles. The Balaban J connectivity index is 0. The summed E-state index contributed by atoms with van der Waals surface area (Å²) in [5.41, 5.74) is 9.24. The maximum absolute atomic E-state index is 9.89. The van der Waals surface area contributed by atoms with Crippen molar-refractivity contribution in [1.82, 2.24) is 0 Å². The Labute approximate surface area is 77.5 Å². The second-order valence-electron chi connectivity index (χ2n) is 3.22. The summed E-state index contributed by atoms with van der Waals surface area (Å²) in [5.74, 6) is -1.00. The molecule has 72 valence electrons. The lowest BCUT2D eigenvalue weighted by Gasteiger charge is -2.23. The number of carboxylic acids is 1. The number of likely N-dealkylation sites (N-methyl/N-ethyl adjacent to an activating group) is 1. The highest BCUT2D eigenvalue weighted by molar-refractivity contribution is 7.80. The molecule has 12 heavy (non-hydrogen) atoms. The third kappa shape index (κ3) is 35.4. The number of nitrogens with two attached hydrogens (primary N) is 2. The SMILES string of the molecule is C[N+](C)(C)CC(=O)[O-].NC(N)=S. The van der Waals surface area contributed by atoms with Gasteiger partial charge >= 0.3 is 0 Å². The maximum atomic E-state index is 9.89. The normalized spacial score (nSPS) is 9.58. The smallest absolute Gasteiger partial charge is 0.160 e. The molecule has 0 saturated carbocycles. The summed E-state index contributed by atoms with van der Waals surface area (Å²) < 4.78 is 0.419. The minimum atomic E-state index is -1.00. The molecular weight excluding hydrogens is 178 g/mol. The third-order valence-electron chi connectivity index (χ3n) is 0.603. The van der Waals surface area contributed by atoms with Gasteiger partial charge < -0.3 is 25.9 Å². The van der Waals surface area contributed by atoms with Crippen LogP contribution in [0, 0.1) is 0 Å². The molecule has 0 atom stereocenters. The molecule has 0 aromatic carbocycles. The number of nitrogens with zero attached hydrogens (tertiary/aromatic N) is 1. The first kappa shape index (κ1) is 13.7. The van der Waals surface area contributed by atoms with Gasteiger partial charge in [-0.3, -0.25) is 0 Å². The van der Waals surface area contributed by atoms with Gasteiger partial charge in [0.05, 0.1) is 27.1 Å². The Hall–Kier alpha value is -0.880. The fraction of sp³-hybridized carbons (Fsp3) is 0.667. The van der Waals surface area contributed by atoms with Crippen LogP contribution >= 0.6 is 12.2 Å². The second-order valence-corrected chi connectivity index (χ2v) is 3.69. The Kier molecular flexibility index (Phi) is 6.54. The van der Waals surface area contributed by atoms with E-state index in [9.17, 15) is 9.90 Å². The minimum absolute atomic E-state index is 0.000000000000000222. The molecule has 0 aromatic heterocycles. The average Bonchev–Trinajstić information content (AvgIpc) is 1.52. The zero-order chi connectivity index (χ0) is 10.4.